The normalized spacial score (nSPS) is 14.9. The SMILES string of the molecule is CC[C@@H](O)CNC(C)c1ccc(OCC(F)(F)F)cc1. The molecule has 0 radical (unpaired) electrons. The van der Waals surface area contributed by atoms with Crippen LogP contribution in [0.25, 0.3) is 0 Å². The molecular formula is C14H20F3NO2. The van der Waals surface area contributed by atoms with E-state index in [1.165, 1.54) is 12.1 Å². The summed E-state index contributed by atoms with van der Waals surface area (Å²) in [4.78, 5) is 0. The fraction of sp³-hybridized carbons (Fsp3) is 0.571. The molecule has 0 fully saturated rings. The highest BCUT2D eigenvalue weighted by Gasteiger charge is 2.28. The van der Waals surface area contributed by atoms with Gasteiger partial charge in [0.05, 0.1) is 6.10 Å². The standard InChI is InChI=1S/C14H20F3NO2/c1-3-12(19)8-18-10(2)11-4-6-13(7-5-11)20-9-14(15,16)17/h4-7,10,12,18-19H,3,8-9H2,1-2H3/t10?,12-/m1/s1. The van der Waals surface area contributed by atoms with Crippen molar-refractivity contribution in [2.24, 2.45) is 0 Å². The van der Waals surface area contributed by atoms with E-state index in [2.05, 4.69) is 10.1 Å². The maximum Gasteiger partial charge on any atom is 0.422 e. The van der Waals surface area contributed by atoms with Crippen molar-refractivity contribution in [3.05, 3.63) is 29.8 Å². The Morgan fingerprint density at radius 1 is 1.25 bits per heavy atom. The fourth-order valence-corrected chi connectivity index (χ4v) is 1.59. The van der Waals surface area contributed by atoms with Gasteiger partial charge in [0.15, 0.2) is 6.61 Å². The molecule has 6 heteroatoms. The molecule has 0 aliphatic heterocycles. The average Bonchev–Trinajstić information content (AvgIpc) is 2.41. The molecule has 0 aliphatic rings. The molecule has 0 saturated heterocycles. The third-order valence-electron chi connectivity index (χ3n) is 2.91. The number of rotatable bonds is 7. The number of hydrogen-bond acceptors (Lipinski definition) is 3. The van der Waals surface area contributed by atoms with Gasteiger partial charge < -0.3 is 15.2 Å². The van der Waals surface area contributed by atoms with Gasteiger partial charge in [-0.15, -0.1) is 0 Å². The molecule has 0 spiro atoms. The number of aliphatic hydroxyl groups is 1. The quantitative estimate of drug-likeness (QED) is 0.811. The van der Waals surface area contributed by atoms with Gasteiger partial charge in [-0.2, -0.15) is 13.2 Å². The van der Waals surface area contributed by atoms with Crippen LogP contribution in [-0.4, -0.2) is 30.5 Å². The molecule has 2 N–H and O–H groups in total. The minimum atomic E-state index is -4.33. The number of benzene rings is 1. The lowest BCUT2D eigenvalue weighted by Crippen LogP contribution is -2.28. The van der Waals surface area contributed by atoms with E-state index in [1.54, 1.807) is 12.1 Å². The van der Waals surface area contributed by atoms with E-state index in [0.717, 1.165) is 5.56 Å². The first-order valence-electron chi connectivity index (χ1n) is 6.52. The van der Waals surface area contributed by atoms with Crippen LogP contribution in [0.15, 0.2) is 24.3 Å². The Morgan fingerprint density at radius 3 is 2.35 bits per heavy atom. The molecule has 1 rings (SSSR count). The largest absolute Gasteiger partial charge is 0.484 e. The number of nitrogens with one attached hydrogen (secondary N) is 1. The zero-order valence-corrected chi connectivity index (χ0v) is 11.6. The van der Waals surface area contributed by atoms with Crippen LogP contribution in [0, 0.1) is 0 Å². The first-order valence-corrected chi connectivity index (χ1v) is 6.52. The van der Waals surface area contributed by atoms with Crippen LogP contribution < -0.4 is 10.1 Å². The Balaban J connectivity index is 2.49. The van der Waals surface area contributed by atoms with Crippen LogP contribution in [0.2, 0.25) is 0 Å². The second kappa shape index (κ2) is 7.50. The molecule has 2 atom stereocenters. The minimum Gasteiger partial charge on any atom is -0.484 e. The maximum atomic E-state index is 12.0. The lowest BCUT2D eigenvalue weighted by atomic mass is 10.1. The van der Waals surface area contributed by atoms with Gasteiger partial charge in [-0.3, -0.25) is 0 Å². The molecule has 0 saturated carbocycles. The summed E-state index contributed by atoms with van der Waals surface area (Å²) >= 11 is 0. The summed E-state index contributed by atoms with van der Waals surface area (Å²) in [6.07, 6.45) is -4.06. The summed E-state index contributed by atoms with van der Waals surface area (Å²) in [5.41, 5.74) is 0.924. The van der Waals surface area contributed by atoms with E-state index in [4.69, 9.17) is 0 Å². The molecule has 0 aromatic heterocycles. The Hall–Kier alpha value is -1.27. The Kier molecular flexibility index (Phi) is 6.29. The van der Waals surface area contributed by atoms with Gasteiger partial charge in [0.25, 0.3) is 0 Å². The summed E-state index contributed by atoms with van der Waals surface area (Å²) in [7, 11) is 0. The fourth-order valence-electron chi connectivity index (χ4n) is 1.59. The highest BCUT2D eigenvalue weighted by atomic mass is 19.4. The van der Waals surface area contributed by atoms with Crippen molar-refractivity contribution in [3.63, 3.8) is 0 Å². The van der Waals surface area contributed by atoms with Gasteiger partial charge in [0.1, 0.15) is 5.75 Å². The van der Waals surface area contributed by atoms with Crippen LogP contribution >= 0.6 is 0 Å². The van der Waals surface area contributed by atoms with E-state index >= 15 is 0 Å². The topological polar surface area (TPSA) is 41.5 Å². The highest BCUT2D eigenvalue weighted by Crippen LogP contribution is 2.21. The van der Waals surface area contributed by atoms with Crippen LogP contribution in [0.5, 0.6) is 5.75 Å². The molecule has 0 bridgehead atoms. The minimum absolute atomic E-state index is 0.00728. The van der Waals surface area contributed by atoms with Gasteiger partial charge in [0, 0.05) is 12.6 Å². The number of ether oxygens (including phenoxy) is 1. The first-order chi connectivity index (χ1) is 9.31. The molecule has 1 aromatic carbocycles. The van der Waals surface area contributed by atoms with Crippen LogP contribution in [0.4, 0.5) is 13.2 Å². The van der Waals surface area contributed by atoms with Crippen molar-refractivity contribution in [3.8, 4) is 5.75 Å². The summed E-state index contributed by atoms with van der Waals surface area (Å²) in [6, 6.07) is 6.45. The Labute approximate surface area is 116 Å². The van der Waals surface area contributed by atoms with E-state index in [0.29, 0.717) is 13.0 Å². The number of halogens is 3. The average molecular weight is 291 g/mol. The van der Waals surface area contributed by atoms with Crippen LogP contribution in [0.1, 0.15) is 31.9 Å². The van der Waals surface area contributed by atoms with Gasteiger partial charge >= 0.3 is 6.18 Å². The smallest absolute Gasteiger partial charge is 0.422 e. The molecule has 20 heavy (non-hydrogen) atoms. The van der Waals surface area contributed by atoms with Gasteiger partial charge in [0.2, 0.25) is 0 Å². The number of hydrogen-bond donors (Lipinski definition) is 2. The zero-order valence-electron chi connectivity index (χ0n) is 11.6. The summed E-state index contributed by atoms with van der Waals surface area (Å²) < 4.78 is 40.6. The summed E-state index contributed by atoms with van der Waals surface area (Å²) in [6.45, 7) is 3.00. The summed E-state index contributed by atoms with van der Waals surface area (Å²) in [5, 5.41) is 12.6. The summed E-state index contributed by atoms with van der Waals surface area (Å²) in [5.74, 6) is 0.187. The highest BCUT2D eigenvalue weighted by molar-refractivity contribution is 5.29. The molecule has 0 amide bonds. The Bertz CT molecular complexity index is 392. The third-order valence-corrected chi connectivity index (χ3v) is 2.91. The van der Waals surface area contributed by atoms with Crippen molar-refractivity contribution < 1.29 is 23.0 Å². The second-order valence-electron chi connectivity index (χ2n) is 4.66. The van der Waals surface area contributed by atoms with E-state index in [9.17, 15) is 18.3 Å². The van der Waals surface area contributed by atoms with Gasteiger partial charge in [-0.1, -0.05) is 19.1 Å². The van der Waals surface area contributed by atoms with Crippen LogP contribution in [-0.2, 0) is 0 Å². The van der Waals surface area contributed by atoms with Crippen molar-refractivity contribution >= 4 is 0 Å². The van der Waals surface area contributed by atoms with Crippen molar-refractivity contribution in [1.82, 2.24) is 5.32 Å². The number of alkyl halides is 3. The molecule has 114 valence electrons. The predicted molar refractivity (Wildman–Crippen MR) is 70.7 cm³/mol. The van der Waals surface area contributed by atoms with Crippen molar-refractivity contribution in [2.45, 2.75) is 38.6 Å². The second-order valence-corrected chi connectivity index (χ2v) is 4.66. The molecule has 1 unspecified atom stereocenters. The monoisotopic (exact) mass is 291 g/mol. The van der Waals surface area contributed by atoms with E-state index in [-0.39, 0.29) is 11.8 Å². The Morgan fingerprint density at radius 2 is 1.85 bits per heavy atom. The predicted octanol–water partition coefficient (Wildman–Crippen LogP) is 3.05. The van der Waals surface area contributed by atoms with E-state index in [1.807, 2.05) is 13.8 Å². The first kappa shape index (κ1) is 16.8. The maximum absolute atomic E-state index is 12.0. The van der Waals surface area contributed by atoms with Gasteiger partial charge in [-0.25, -0.2) is 0 Å². The third kappa shape index (κ3) is 6.25. The molecule has 0 heterocycles. The van der Waals surface area contributed by atoms with Gasteiger partial charge in [-0.05, 0) is 31.0 Å². The molecule has 0 aliphatic carbocycles. The van der Waals surface area contributed by atoms with Crippen molar-refractivity contribution in [2.75, 3.05) is 13.2 Å². The zero-order chi connectivity index (χ0) is 15.2. The van der Waals surface area contributed by atoms with Crippen LogP contribution in [0.3, 0.4) is 0 Å². The van der Waals surface area contributed by atoms with E-state index < -0.39 is 18.9 Å². The molecule has 1 aromatic rings. The lowest BCUT2D eigenvalue weighted by Gasteiger charge is -2.17. The molecular weight excluding hydrogens is 271 g/mol. The van der Waals surface area contributed by atoms with Crippen molar-refractivity contribution in [1.29, 1.82) is 0 Å². The molecule has 3 nitrogen and oxygen atoms in total. The lowest BCUT2D eigenvalue weighted by molar-refractivity contribution is -0.153. The number of aliphatic hydroxyl groups excluding tert-OH is 1.